The molecule has 1 aliphatic heterocycles. The minimum absolute atomic E-state index is 0.0988. The minimum Gasteiger partial charge on any atom is -0.497 e. The Kier molecular flexibility index (Phi) is 3.27. The first-order valence-corrected chi connectivity index (χ1v) is 8.26. The van der Waals surface area contributed by atoms with Gasteiger partial charge in [-0.3, -0.25) is 4.79 Å². The number of likely N-dealkylation sites (N-methyl/N-ethyl adjacent to an activating group) is 1. The summed E-state index contributed by atoms with van der Waals surface area (Å²) in [5.74, 6) is 1.87. The van der Waals surface area contributed by atoms with Crippen LogP contribution in [0.5, 0.6) is 5.75 Å². The van der Waals surface area contributed by atoms with Gasteiger partial charge in [-0.05, 0) is 55.8 Å². The first-order valence-electron chi connectivity index (χ1n) is 8.26. The molecule has 3 atom stereocenters. The van der Waals surface area contributed by atoms with Gasteiger partial charge < -0.3 is 14.4 Å². The van der Waals surface area contributed by atoms with Crippen molar-refractivity contribution in [1.29, 1.82) is 0 Å². The van der Waals surface area contributed by atoms with E-state index in [2.05, 4.69) is 30.2 Å². The predicted octanol–water partition coefficient (Wildman–Crippen LogP) is 2.31. The largest absolute Gasteiger partial charge is 0.497 e. The monoisotopic (exact) mass is 313 g/mol. The van der Waals surface area contributed by atoms with E-state index in [1.165, 1.54) is 11.1 Å². The average Bonchev–Trinajstić information content (AvgIpc) is 2.57. The number of Topliss-reactive ketones (excluding diaryl/α,β-unsaturated/α-hetero) is 1. The van der Waals surface area contributed by atoms with Crippen LogP contribution >= 0.6 is 0 Å². The van der Waals surface area contributed by atoms with Crippen LogP contribution in [0.15, 0.2) is 30.0 Å². The van der Waals surface area contributed by atoms with Crippen LogP contribution < -0.4 is 4.74 Å². The molecule has 2 aliphatic carbocycles. The minimum atomic E-state index is -0.0988. The number of carbonyl (C=O) groups is 1. The molecule has 3 aliphatic rings. The zero-order valence-corrected chi connectivity index (χ0v) is 14.0. The van der Waals surface area contributed by atoms with Crippen molar-refractivity contribution in [3.05, 3.63) is 41.2 Å². The third kappa shape index (κ3) is 1.97. The molecule has 4 rings (SSSR count). The number of methoxy groups -OCH3 is 2. The van der Waals surface area contributed by atoms with E-state index in [4.69, 9.17) is 9.47 Å². The molecule has 122 valence electrons. The van der Waals surface area contributed by atoms with E-state index < -0.39 is 0 Å². The fourth-order valence-electron chi connectivity index (χ4n) is 4.88. The number of hydrogen-bond donors (Lipinski definition) is 0. The van der Waals surface area contributed by atoms with Crippen molar-refractivity contribution in [2.24, 2.45) is 5.92 Å². The maximum absolute atomic E-state index is 12.6. The van der Waals surface area contributed by atoms with E-state index in [-0.39, 0.29) is 11.2 Å². The molecule has 2 bridgehead atoms. The van der Waals surface area contributed by atoms with Crippen molar-refractivity contribution < 1.29 is 14.3 Å². The summed E-state index contributed by atoms with van der Waals surface area (Å²) in [7, 11) is 5.49. The average molecular weight is 313 g/mol. The molecule has 1 heterocycles. The maximum atomic E-state index is 12.6. The molecule has 1 fully saturated rings. The molecule has 4 nitrogen and oxygen atoms in total. The molecule has 0 spiro atoms. The van der Waals surface area contributed by atoms with Crippen molar-refractivity contribution in [2.75, 3.05) is 27.8 Å². The normalized spacial score (nSPS) is 32.7. The second-order valence-corrected chi connectivity index (χ2v) is 7.04. The van der Waals surface area contributed by atoms with Crippen molar-refractivity contribution >= 4 is 5.78 Å². The summed E-state index contributed by atoms with van der Waals surface area (Å²) >= 11 is 0. The van der Waals surface area contributed by atoms with Gasteiger partial charge in [0.25, 0.3) is 0 Å². The van der Waals surface area contributed by atoms with Crippen LogP contribution in [0.25, 0.3) is 0 Å². The lowest BCUT2D eigenvalue weighted by Crippen LogP contribution is -2.60. The Morgan fingerprint density at radius 1 is 1.26 bits per heavy atom. The van der Waals surface area contributed by atoms with Crippen molar-refractivity contribution in [1.82, 2.24) is 4.90 Å². The first kappa shape index (κ1) is 14.8. The van der Waals surface area contributed by atoms with Gasteiger partial charge in [0, 0.05) is 23.8 Å². The Bertz CT molecular complexity index is 696. The zero-order valence-electron chi connectivity index (χ0n) is 14.0. The molecule has 0 N–H and O–H groups in total. The van der Waals surface area contributed by atoms with Crippen LogP contribution in [0, 0.1) is 5.92 Å². The van der Waals surface area contributed by atoms with E-state index in [0.717, 1.165) is 25.1 Å². The fraction of sp³-hybridized carbons (Fsp3) is 0.526. The summed E-state index contributed by atoms with van der Waals surface area (Å²) in [4.78, 5) is 15.0. The third-order valence-electron chi connectivity index (χ3n) is 6.11. The molecule has 0 amide bonds. The van der Waals surface area contributed by atoms with Gasteiger partial charge in [0.2, 0.25) is 0 Å². The fourth-order valence-corrected chi connectivity index (χ4v) is 4.88. The molecule has 1 aromatic rings. The molecular weight excluding hydrogens is 290 g/mol. The van der Waals surface area contributed by atoms with Gasteiger partial charge in [0.05, 0.1) is 14.2 Å². The number of carbonyl (C=O) groups excluding carboxylic acids is 1. The molecule has 1 aromatic carbocycles. The van der Waals surface area contributed by atoms with Gasteiger partial charge in [-0.1, -0.05) is 6.07 Å². The highest BCUT2D eigenvalue weighted by molar-refractivity contribution is 5.96. The van der Waals surface area contributed by atoms with Crippen LogP contribution in [-0.2, 0) is 21.4 Å². The SMILES string of the molecule is COC1=C[C@H]2[C@H]3Cc4ccc(OC)cc4[C@@]2(CCN3C)CC1=O. The first-order chi connectivity index (χ1) is 11.1. The second kappa shape index (κ2) is 5.10. The highest BCUT2D eigenvalue weighted by Gasteiger charge is 2.55. The summed E-state index contributed by atoms with van der Waals surface area (Å²) in [6.07, 6.45) is 4.66. The highest BCUT2D eigenvalue weighted by Crippen LogP contribution is 2.54. The quantitative estimate of drug-likeness (QED) is 0.840. The lowest BCUT2D eigenvalue weighted by atomic mass is 9.53. The number of benzene rings is 1. The summed E-state index contributed by atoms with van der Waals surface area (Å²) in [6.45, 7) is 1.03. The molecule has 0 radical (unpaired) electrons. The van der Waals surface area contributed by atoms with E-state index in [9.17, 15) is 4.79 Å². The predicted molar refractivity (Wildman–Crippen MR) is 87.6 cm³/mol. The Morgan fingerprint density at radius 3 is 2.83 bits per heavy atom. The van der Waals surface area contributed by atoms with Gasteiger partial charge in [0.1, 0.15) is 5.75 Å². The molecule has 1 saturated heterocycles. The number of piperidine rings is 1. The van der Waals surface area contributed by atoms with Crippen molar-refractivity contribution in [3.63, 3.8) is 0 Å². The van der Waals surface area contributed by atoms with Gasteiger partial charge in [-0.2, -0.15) is 0 Å². The number of allylic oxidation sites excluding steroid dienone is 1. The van der Waals surface area contributed by atoms with Crippen LogP contribution in [0.1, 0.15) is 24.0 Å². The van der Waals surface area contributed by atoms with Crippen molar-refractivity contribution in [3.8, 4) is 5.75 Å². The van der Waals surface area contributed by atoms with Gasteiger partial charge in [0.15, 0.2) is 11.5 Å². The van der Waals surface area contributed by atoms with Crippen LogP contribution in [-0.4, -0.2) is 44.5 Å². The lowest BCUT2D eigenvalue weighted by molar-refractivity contribution is -0.122. The zero-order chi connectivity index (χ0) is 16.2. The number of likely N-dealkylation sites (tertiary alicyclic amines) is 1. The van der Waals surface area contributed by atoms with Crippen LogP contribution in [0.3, 0.4) is 0 Å². The summed E-state index contributed by atoms with van der Waals surface area (Å²) in [5.41, 5.74) is 2.57. The lowest BCUT2D eigenvalue weighted by Gasteiger charge is -2.56. The second-order valence-electron chi connectivity index (χ2n) is 7.04. The van der Waals surface area contributed by atoms with E-state index in [1.54, 1.807) is 14.2 Å². The highest BCUT2D eigenvalue weighted by atomic mass is 16.5. The number of fused-ring (bicyclic) bond motifs is 1. The Morgan fingerprint density at radius 2 is 2.09 bits per heavy atom. The maximum Gasteiger partial charge on any atom is 0.197 e. The molecule has 0 unspecified atom stereocenters. The Labute approximate surface area is 137 Å². The Balaban J connectivity index is 1.92. The van der Waals surface area contributed by atoms with E-state index in [1.807, 2.05) is 6.07 Å². The number of nitrogens with zero attached hydrogens (tertiary/aromatic N) is 1. The van der Waals surface area contributed by atoms with Crippen LogP contribution in [0.2, 0.25) is 0 Å². The number of ether oxygens (including phenoxy) is 2. The summed E-state index contributed by atoms with van der Waals surface area (Å²) in [5, 5.41) is 0. The number of rotatable bonds is 2. The van der Waals surface area contributed by atoms with Crippen molar-refractivity contribution in [2.45, 2.75) is 30.7 Å². The standard InChI is InChI=1S/C19H23NO3/c1-20-7-6-19-11-17(21)18(23-3)10-15(19)16(20)8-12-4-5-13(22-2)9-14(12)19/h4-5,9-10,15-16H,6-8,11H2,1-3H3/t15-,16+,19+/m0/s1. The van der Waals surface area contributed by atoms with Gasteiger partial charge >= 0.3 is 0 Å². The topological polar surface area (TPSA) is 38.8 Å². The Hall–Kier alpha value is -1.81. The molecular formula is C19H23NO3. The molecule has 0 saturated carbocycles. The summed E-state index contributed by atoms with van der Waals surface area (Å²) < 4.78 is 10.8. The molecule has 23 heavy (non-hydrogen) atoms. The third-order valence-corrected chi connectivity index (χ3v) is 6.11. The van der Waals surface area contributed by atoms with Crippen LogP contribution in [0.4, 0.5) is 0 Å². The van der Waals surface area contributed by atoms with Gasteiger partial charge in [-0.15, -0.1) is 0 Å². The molecule has 0 aromatic heterocycles. The number of hydrogen-bond acceptors (Lipinski definition) is 4. The molecule has 4 heteroatoms. The summed E-state index contributed by atoms with van der Waals surface area (Å²) in [6, 6.07) is 6.80. The van der Waals surface area contributed by atoms with E-state index in [0.29, 0.717) is 24.1 Å². The smallest absolute Gasteiger partial charge is 0.197 e. The number of ketones is 1. The van der Waals surface area contributed by atoms with E-state index >= 15 is 0 Å². The van der Waals surface area contributed by atoms with Gasteiger partial charge in [-0.25, -0.2) is 0 Å².